The molecule has 0 saturated heterocycles. The molecule has 106 valence electrons. The standard InChI is InChI=1S/C14H14F3N3/c1-9-7-12(18-19-13(9)20(2)3)10-5-4-6-11(8-10)14(15,16)17/h4-8H,1-3H3. The number of halogens is 3. The minimum absolute atomic E-state index is 0.403. The molecule has 2 rings (SSSR count). The molecular weight excluding hydrogens is 267 g/mol. The molecule has 0 N–H and O–H groups in total. The summed E-state index contributed by atoms with van der Waals surface area (Å²) in [6, 6.07) is 6.82. The molecule has 0 bridgehead atoms. The Morgan fingerprint density at radius 1 is 1.05 bits per heavy atom. The Morgan fingerprint density at radius 2 is 1.75 bits per heavy atom. The second-order valence-electron chi connectivity index (χ2n) is 4.71. The zero-order valence-corrected chi connectivity index (χ0v) is 11.4. The van der Waals surface area contributed by atoms with Gasteiger partial charge in [0.25, 0.3) is 0 Å². The van der Waals surface area contributed by atoms with Crippen molar-refractivity contribution in [3.8, 4) is 11.3 Å². The lowest BCUT2D eigenvalue weighted by atomic mass is 10.1. The van der Waals surface area contributed by atoms with Crippen molar-refractivity contribution in [3.63, 3.8) is 0 Å². The Kier molecular flexibility index (Phi) is 3.65. The van der Waals surface area contributed by atoms with Gasteiger partial charge in [0.2, 0.25) is 0 Å². The number of aromatic nitrogens is 2. The van der Waals surface area contributed by atoms with Crippen molar-refractivity contribution in [3.05, 3.63) is 41.5 Å². The first-order chi connectivity index (χ1) is 9.29. The molecule has 0 amide bonds. The smallest absolute Gasteiger partial charge is 0.361 e. The monoisotopic (exact) mass is 281 g/mol. The predicted octanol–water partition coefficient (Wildman–Crippen LogP) is 3.54. The zero-order valence-electron chi connectivity index (χ0n) is 11.4. The first-order valence-electron chi connectivity index (χ1n) is 5.98. The summed E-state index contributed by atoms with van der Waals surface area (Å²) in [6.07, 6.45) is -4.36. The molecule has 0 fully saturated rings. The maximum Gasteiger partial charge on any atom is 0.416 e. The molecule has 0 saturated carbocycles. The van der Waals surface area contributed by atoms with E-state index in [9.17, 15) is 13.2 Å². The maximum atomic E-state index is 12.7. The van der Waals surface area contributed by atoms with Gasteiger partial charge in [-0.05, 0) is 30.7 Å². The Labute approximate surface area is 115 Å². The minimum atomic E-state index is -4.36. The van der Waals surface area contributed by atoms with Crippen LogP contribution in [0, 0.1) is 6.92 Å². The number of benzene rings is 1. The molecule has 0 radical (unpaired) electrons. The van der Waals surface area contributed by atoms with Crippen LogP contribution in [0.3, 0.4) is 0 Å². The molecule has 0 spiro atoms. The summed E-state index contributed by atoms with van der Waals surface area (Å²) in [5.41, 5.74) is 1.00. The van der Waals surface area contributed by atoms with Gasteiger partial charge in [-0.25, -0.2) is 0 Å². The fraction of sp³-hybridized carbons (Fsp3) is 0.286. The number of rotatable bonds is 2. The molecule has 3 nitrogen and oxygen atoms in total. The van der Waals surface area contributed by atoms with E-state index in [4.69, 9.17) is 0 Å². The summed E-state index contributed by atoms with van der Waals surface area (Å²) >= 11 is 0. The summed E-state index contributed by atoms with van der Waals surface area (Å²) in [6.45, 7) is 1.85. The van der Waals surface area contributed by atoms with E-state index in [1.165, 1.54) is 6.07 Å². The summed E-state index contributed by atoms with van der Waals surface area (Å²) in [5.74, 6) is 0.695. The largest absolute Gasteiger partial charge is 0.416 e. The van der Waals surface area contributed by atoms with Gasteiger partial charge in [-0.2, -0.15) is 13.2 Å². The van der Waals surface area contributed by atoms with Crippen LogP contribution in [0.5, 0.6) is 0 Å². The van der Waals surface area contributed by atoms with Gasteiger partial charge in [-0.15, -0.1) is 10.2 Å². The summed E-state index contributed by atoms with van der Waals surface area (Å²) in [4.78, 5) is 1.80. The number of alkyl halides is 3. The van der Waals surface area contributed by atoms with Gasteiger partial charge in [0.1, 0.15) is 0 Å². The van der Waals surface area contributed by atoms with E-state index in [0.29, 0.717) is 17.1 Å². The van der Waals surface area contributed by atoms with Gasteiger partial charge in [0.15, 0.2) is 5.82 Å². The molecule has 2 aromatic rings. The summed E-state index contributed by atoms with van der Waals surface area (Å²) < 4.78 is 38.1. The molecule has 0 atom stereocenters. The van der Waals surface area contributed by atoms with Gasteiger partial charge in [0.05, 0.1) is 11.3 Å². The van der Waals surface area contributed by atoms with Crippen molar-refractivity contribution in [2.75, 3.05) is 19.0 Å². The Balaban J connectivity index is 2.45. The molecule has 6 heteroatoms. The van der Waals surface area contributed by atoms with Gasteiger partial charge in [-0.1, -0.05) is 12.1 Å². The van der Waals surface area contributed by atoms with Crippen molar-refractivity contribution in [1.82, 2.24) is 10.2 Å². The van der Waals surface area contributed by atoms with Crippen LogP contribution in [0.4, 0.5) is 19.0 Å². The highest BCUT2D eigenvalue weighted by Gasteiger charge is 2.30. The van der Waals surface area contributed by atoms with Crippen molar-refractivity contribution < 1.29 is 13.2 Å². The van der Waals surface area contributed by atoms with Gasteiger partial charge < -0.3 is 4.90 Å². The van der Waals surface area contributed by atoms with E-state index < -0.39 is 11.7 Å². The van der Waals surface area contributed by atoms with Crippen molar-refractivity contribution in [1.29, 1.82) is 0 Å². The van der Waals surface area contributed by atoms with Crippen molar-refractivity contribution >= 4 is 5.82 Å². The molecule has 1 aromatic carbocycles. The Morgan fingerprint density at radius 3 is 2.30 bits per heavy atom. The summed E-state index contributed by atoms with van der Waals surface area (Å²) in [5, 5.41) is 8.04. The topological polar surface area (TPSA) is 29.0 Å². The highest BCUT2D eigenvalue weighted by Crippen LogP contribution is 2.32. The van der Waals surface area contributed by atoms with Crippen LogP contribution in [0.15, 0.2) is 30.3 Å². The average Bonchev–Trinajstić information content (AvgIpc) is 2.37. The Hall–Kier alpha value is -2.11. The van der Waals surface area contributed by atoms with Crippen molar-refractivity contribution in [2.45, 2.75) is 13.1 Å². The minimum Gasteiger partial charge on any atom is -0.361 e. The predicted molar refractivity (Wildman–Crippen MR) is 71.5 cm³/mol. The third-order valence-corrected chi connectivity index (χ3v) is 2.87. The molecule has 0 aliphatic carbocycles. The van der Waals surface area contributed by atoms with E-state index in [1.54, 1.807) is 17.0 Å². The first-order valence-corrected chi connectivity index (χ1v) is 5.98. The van der Waals surface area contributed by atoms with E-state index >= 15 is 0 Å². The zero-order chi connectivity index (χ0) is 14.9. The van der Waals surface area contributed by atoms with E-state index in [1.807, 2.05) is 21.0 Å². The van der Waals surface area contributed by atoms with Crippen LogP contribution in [-0.2, 0) is 6.18 Å². The molecular formula is C14H14F3N3. The lowest BCUT2D eigenvalue weighted by molar-refractivity contribution is -0.137. The normalized spacial score (nSPS) is 11.5. The molecule has 0 aliphatic rings. The number of aryl methyl sites for hydroxylation is 1. The number of hydrogen-bond acceptors (Lipinski definition) is 3. The first kappa shape index (κ1) is 14.3. The second-order valence-corrected chi connectivity index (χ2v) is 4.71. The van der Waals surface area contributed by atoms with Gasteiger partial charge >= 0.3 is 6.18 Å². The van der Waals surface area contributed by atoms with E-state index in [2.05, 4.69) is 10.2 Å². The number of nitrogens with zero attached hydrogens (tertiary/aromatic N) is 3. The van der Waals surface area contributed by atoms with Crippen LogP contribution < -0.4 is 4.90 Å². The lowest BCUT2D eigenvalue weighted by Gasteiger charge is -2.14. The highest BCUT2D eigenvalue weighted by molar-refractivity contribution is 5.62. The van der Waals surface area contributed by atoms with E-state index in [0.717, 1.165) is 17.7 Å². The number of anilines is 1. The molecule has 0 aliphatic heterocycles. The van der Waals surface area contributed by atoms with E-state index in [-0.39, 0.29) is 0 Å². The highest BCUT2D eigenvalue weighted by atomic mass is 19.4. The third kappa shape index (κ3) is 2.89. The lowest BCUT2D eigenvalue weighted by Crippen LogP contribution is -2.13. The maximum absolute atomic E-state index is 12.7. The van der Waals surface area contributed by atoms with Crippen LogP contribution in [0.2, 0.25) is 0 Å². The van der Waals surface area contributed by atoms with Gasteiger partial charge in [0, 0.05) is 19.7 Å². The fourth-order valence-electron chi connectivity index (χ4n) is 1.92. The van der Waals surface area contributed by atoms with Crippen LogP contribution in [-0.4, -0.2) is 24.3 Å². The second kappa shape index (κ2) is 5.11. The fourth-order valence-corrected chi connectivity index (χ4v) is 1.92. The number of hydrogen-bond donors (Lipinski definition) is 0. The van der Waals surface area contributed by atoms with Crippen LogP contribution in [0.25, 0.3) is 11.3 Å². The summed E-state index contributed by atoms with van der Waals surface area (Å²) in [7, 11) is 3.67. The van der Waals surface area contributed by atoms with Crippen LogP contribution >= 0.6 is 0 Å². The SMILES string of the molecule is Cc1cc(-c2cccc(C(F)(F)F)c2)nnc1N(C)C. The van der Waals surface area contributed by atoms with Crippen molar-refractivity contribution in [2.24, 2.45) is 0 Å². The van der Waals surface area contributed by atoms with Crippen LogP contribution in [0.1, 0.15) is 11.1 Å². The molecule has 1 aromatic heterocycles. The quantitative estimate of drug-likeness (QED) is 0.843. The third-order valence-electron chi connectivity index (χ3n) is 2.87. The van der Waals surface area contributed by atoms with Gasteiger partial charge in [-0.3, -0.25) is 0 Å². The molecule has 1 heterocycles. The molecule has 20 heavy (non-hydrogen) atoms. The average molecular weight is 281 g/mol. The molecule has 0 unspecified atom stereocenters. The Bertz CT molecular complexity index is 621.